The van der Waals surface area contributed by atoms with Crippen LogP contribution in [0, 0.1) is 0 Å². The summed E-state index contributed by atoms with van der Waals surface area (Å²) < 4.78 is 117. The van der Waals surface area contributed by atoms with Crippen LogP contribution in [0.1, 0.15) is 293 Å². The minimum absolute atomic E-state index is 0.0608. The van der Waals surface area contributed by atoms with Crippen LogP contribution in [0.5, 0.6) is 0 Å². The Morgan fingerprint density at radius 3 is 0.709 bits per heavy atom. The molecular weight excluding hydrogens is 1460 g/mol. The first-order valence-electron chi connectivity index (χ1n) is 42.9. The molecule has 0 amide bonds. The number of carbonyl (C=O) groups excluding carboxylic acids is 3. The van der Waals surface area contributed by atoms with Gasteiger partial charge in [-0.25, -0.2) is 16.8 Å². The van der Waals surface area contributed by atoms with Gasteiger partial charge in [0.2, 0.25) is 20.8 Å². The van der Waals surface area contributed by atoms with Crippen molar-refractivity contribution in [3.63, 3.8) is 0 Å². The molecule has 27 nitrogen and oxygen atoms in total. The smallest absolute Gasteiger partial charge is 0.305 e. The quantitative estimate of drug-likeness (QED) is 0.0110. The summed E-state index contributed by atoms with van der Waals surface area (Å²) in [5, 5.41) is 25.5. The topological polar surface area (TPSA) is 345 Å². The number of rotatable bonds is 76. The number of ether oxygens (including phenoxy) is 9. The Morgan fingerprint density at radius 2 is 0.491 bits per heavy atom. The molecule has 0 aliphatic heterocycles. The fourth-order valence-corrected chi connectivity index (χ4v) is 10.5. The highest BCUT2D eigenvalue weighted by Crippen LogP contribution is 2.11. The van der Waals surface area contributed by atoms with Gasteiger partial charge in [-0.1, -0.05) is 216 Å². The largest absolute Gasteiger partial charge is 0.726 e. The summed E-state index contributed by atoms with van der Waals surface area (Å²) in [6.45, 7) is 40.3. The SMILES string of the molecule is CCCCCCOCCN(CCOCCCCCC)CCOC(=O)CCCCC.CCCCCCOCC[N+](C)(CCOCCCCCC)CCOC(=O)CCCCC.CCCCCCOCC[N+](C)(CCOCCCCCC)CCOC(=O)CCCCC.COS(=O)(=O)[O-].O=S(=O)([O-])O.OCCN(CCO)CCO. The molecule has 110 heavy (non-hydrogen) atoms. The lowest BCUT2D eigenvalue weighted by Gasteiger charge is -2.34. The lowest BCUT2D eigenvalue weighted by atomic mass is 10.2. The van der Waals surface area contributed by atoms with E-state index in [0.717, 1.165) is 251 Å². The van der Waals surface area contributed by atoms with E-state index in [-0.39, 0.29) is 37.7 Å². The Balaban J connectivity index is -0.000000324. The summed E-state index contributed by atoms with van der Waals surface area (Å²) in [6, 6.07) is 0. The molecule has 0 fully saturated rings. The molecular formula is C81H172N4O23S2. The Labute approximate surface area is 673 Å². The maximum atomic E-state index is 11.9. The van der Waals surface area contributed by atoms with E-state index in [1.807, 2.05) is 0 Å². The van der Waals surface area contributed by atoms with Crippen molar-refractivity contribution < 1.29 is 116 Å². The molecule has 0 spiro atoms. The van der Waals surface area contributed by atoms with Gasteiger partial charge in [-0.05, 0) is 57.8 Å². The zero-order chi connectivity index (χ0) is 83.6. The monoisotopic (exact) mass is 1630 g/mol. The number of carbonyl (C=O) groups is 3. The third kappa shape index (κ3) is 110. The molecule has 0 saturated carbocycles. The van der Waals surface area contributed by atoms with Crippen LogP contribution >= 0.6 is 0 Å². The first-order valence-corrected chi connectivity index (χ1v) is 45.6. The fraction of sp³-hybridized carbons (Fsp3) is 0.963. The Morgan fingerprint density at radius 1 is 0.300 bits per heavy atom. The molecule has 0 rings (SSSR count). The average Bonchev–Trinajstić information content (AvgIpc) is 0.902. The highest BCUT2D eigenvalue weighted by atomic mass is 32.3. The molecule has 0 aromatic carbocycles. The first-order chi connectivity index (χ1) is 52.8. The van der Waals surface area contributed by atoms with E-state index in [1.165, 1.54) is 116 Å². The van der Waals surface area contributed by atoms with Crippen LogP contribution < -0.4 is 0 Å². The van der Waals surface area contributed by atoms with Crippen LogP contribution in [0.25, 0.3) is 0 Å². The molecule has 0 radical (unpaired) electrons. The summed E-state index contributed by atoms with van der Waals surface area (Å²) in [6.07, 6.45) is 40.7. The molecule has 4 N–H and O–H groups in total. The number of quaternary nitrogens is 2. The first kappa shape index (κ1) is 118. The molecule has 0 aromatic rings. The molecule has 0 atom stereocenters. The van der Waals surface area contributed by atoms with Crippen LogP contribution in [0.4, 0.5) is 0 Å². The van der Waals surface area contributed by atoms with Gasteiger partial charge in [0.15, 0.2) is 0 Å². The Kier molecular flexibility index (Phi) is 101. The van der Waals surface area contributed by atoms with Crippen LogP contribution in [0.3, 0.4) is 0 Å². The van der Waals surface area contributed by atoms with Gasteiger partial charge in [0, 0.05) is 98.2 Å². The normalized spacial score (nSPS) is 11.5. The van der Waals surface area contributed by atoms with Gasteiger partial charge in [0.05, 0.1) is 80.7 Å². The van der Waals surface area contributed by atoms with Gasteiger partial charge in [-0.2, -0.15) is 0 Å². The predicted molar refractivity (Wildman–Crippen MR) is 440 cm³/mol. The third-order valence-electron chi connectivity index (χ3n) is 17.9. The molecule has 0 bridgehead atoms. The van der Waals surface area contributed by atoms with Crippen LogP contribution in [0.2, 0.25) is 0 Å². The number of aliphatic hydroxyl groups excluding tert-OH is 3. The summed E-state index contributed by atoms with van der Waals surface area (Å²) in [5.74, 6) is -0.193. The van der Waals surface area contributed by atoms with Gasteiger partial charge < -0.3 is 76.0 Å². The van der Waals surface area contributed by atoms with Crippen molar-refractivity contribution in [2.45, 2.75) is 293 Å². The standard InChI is InChI=1S/2C25H52NO4.C24H49NO4.C6H15NO3.CH4O4S.H2O4S/c2*1-5-8-11-14-20-28-22-17-26(4,18-23-29-21-15-12-9-6-2)19-24-30-25(27)16-13-10-7-3;1-4-7-10-13-19-27-21-16-25(17-22-28-20-14-11-8-5-2)18-23-29-24(26)15-12-9-6-3;8-4-1-7(2-5-9)3-6-10;1-5-6(2,3)4;1-5(2,3)4/h2*5-24H2,1-4H3;4-23H2,1-3H3;8-10H,1-6H2;1H3,(H,2,3,4);(H2,1,2,3,4)/q2*+1;;;;/p-2. The van der Waals surface area contributed by atoms with Gasteiger partial charge in [0.25, 0.3) is 0 Å². The Bertz CT molecular complexity index is 1930. The highest BCUT2D eigenvalue weighted by Gasteiger charge is 2.24. The number of unbranched alkanes of at least 4 members (excludes halogenated alkanes) is 24. The van der Waals surface area contributed by atoms with Crippen LogP contribution in [-0.2, 0) is 82.0 Å². The van der Waals surface area contributed by atoms with Gasteiger partial charge in [0.1, 0.15) is 59.1 Å². The van der Waals surface area contributed by atoms with E-state index >= 15 is 0 Å². The van der Waals surface area contributed by atoms with Crippen molar-refractivity contribution >= 4 is 38.7 Å². The molecule has 666 valence electrons. The predicted octanol–water partition coefficient (Wildman–Crippen LogP) is 13.5. The molecule has 0 aromatic heterocycles. The second-order valence-corrected chi connectivity index (χ2v) is 30.5. The molecule has 0 aliphatic carbocycles. The van der Waals surface area contributed by atoms with Crippen molar-refractivity contribution in [3.8, 4) is 0 Å². The highest BCUT2D eigenvalue weighted by molar-refractivity contribution is 7.80. The van der Waals surface area contributed by atoms with Crippen molar-refractivity contribution in [2.24, 2.45) is 0 Å². The molecule has 0 aliphatic rings. The van der Waals surface area contributed by atoms with Gasteiger partial charge in [-0.3, -0.25) is 32.9 Å². The lowest BCUT2D eigenvalue weighted by Crippen LogP contribution is -2.50. The maximum Gasteiger partial charge on any atom is 0.305 e. The molecule has 29 heteroatoms. The summed E-state index contributed by atoms with van der Waals surface area (Å²) in [7, 11) is -4.06. The summed E-state index contributed by atoms with van der Waals surface area (Å²) in [5.41, 5.74) is 0. The van der Waals surface area contributed by atoms with Gasteiger partial charge >= 0.3 is 17.9 Å². The van der Waals surface area contributed by atoms with Crippen LogP contribution in [-0.4, -0.2) is 301 Å². The minimum atomic E-state index is -4.92. The Hall–Kier alpha value is -2.37. The van der Waals surface area contributed by atoms with E-state index in [0.29, 0.717) is 58.7 Å². The minimum Gasteiger partial charge on any atom is -0.726 e. The van der Waals surface area contributed by atoms with Crippen molar-refractivity contribution in [1.29, 1.82) is 0 Å². The average molecular weight is 1630 g/mol. The zero-order valence-electron chi connectivity index (χ0n) is 72.3. The molecule has 0 saturated heterocycles. The summed E-state index contributed by atoms with van der Waals surface area (Å²) >= 11 is 0. The number of aliphatic hydroxyl groups is 3. The number of hydrogen-bond donors (Lipinski definition) is 4. The number of hydrogen-bond acceptors (Lipinski definition) is 24. The number of esters is 3. The number of likely N-dealkylation sites (N-methyl/N-ethyl adjacent to an activating group) is 2. The van der Waals surface area contributed by atoms with Gasteiger partial charge in [-0.15, -0.1) is 0 Å². The van der Waals surface area contributed by atoms with E-state index in [2.05, 4.69) is 85.5 Å². The van der Waals surface area contributed by atoms with E-state index in [9.17, 15) is 27.4 Å². The zero-order valence-corrected chi connectivity index (χ0v) is 74.0. The second-order valence-electron chi connectivity index (χ2n) is 28.5. The number of nitrogens with zero attached hydrogens (tertiary/aromatic N) is 4. The van der Waals surface area contributed by atoms with Crippen molar-refractivity contribution in [1.82, 2.24) is 9.80 Å². The second kappa shape index (κ2) is 93.8. The molecule has 0 heterocycles. The lowest BCUT2D eigenvalue weighted by molar-refractivity contribution is -0.910. The van der Waals surface area contributed by atoms with E-state index in [1.54, 1.807) is 4.90 Å². The maximum absolute atomic E-state index is 11.9. The van der Waals surface area contributed by atoms with E-state index in [4.69, 9.17) is 75.5 Å². The van der Waals surface area contributed by atoms with E-state index < -0.39 is 20.8 Å². The molecule has 0 unspecified atom stereocenters. The fourth-order valence-electron chi connectivity index (χ4n) is 10.5. The van der Waals surface area contributed by atoms with Crippen molar-refractivity contribution in [3.05, 3.63) is 0 Å². The van der Waals surface area contributed by atoms with Crippen molar-refractivity contribution in [2.75, 3.05) is 219 Å². The third-order valence-corrected chi connectivity index (χ3v) is 18.3. The summed E-state index contributed by atoms with van der Waals surface area (Å²) in [4.78, 5) is 39.7. The van der Waals surface area contributed by atoms with Crippen LogP contribution in [0.15, 0.2) is 0 Å².